The number of cyclic esters (lactones) is 1. The summed E-state index contributed by atoms with van der Waals surface area (Å²) in [7, 11) is 0. The molecule has 1 aromatic carbocycles. The van der Waals surface area contributed by atoms with Crippen LogP contribution in [0.5, 0.6) is 0 Å². The molecule has 3 amide bonds. The Labute approximate surface area is 122 Å². The Hall–Kier alpha value is -2.57. The molecule has 1 aliphatic rings. The first-order valence-corrected chi connectivity index (χ1v) is 6.64. The fourth-order valence-electron chi connectivity index (χ4n) is 1.93. The van der Waals surface area contributed by atoms with E-state index in [2.05, 4.69) is 10.6 Å². The van der Waals surface area contributed by atoms with Crippen molar-refractivity contribution in [1.29, 1.82) is 0 Å². The maximum Gasteiger partial charge on any atom is 0.409 e. The molecule has 0 aromatic heterocycles. The van der Waals surface area contributed by atoms with E-state index in [1.165, 1.54) is 11.8 Å². The lowest BCUT2D eigenvalue weighted by atomic mass is 10.2. The molecule has 1 aliphatic heterocycles. The van der Waals surface area contributed by atoms with E-state index in [-0.39, 0.29) is 24.3 Å². The molecule has 21 heavy (non-hydrogen) atoms. The number of carbonyl (C=O) groups is 3. The SMILES string of the molecule is CC(=O)Nc1ccc(NC(=O)CCN2CCOC2=O)cc1. The highest BCUT2D eigenvalue weighted by Crippen LogP contribution is 2.14. The summed E-state index contributed by atoms with van der Waals surface area (Å²) in [4.78, 5) is 35.4. The highest BCUT2D eigenvalue weighted by Gasteiger charge is 2.22. The third kappa shape index (κ3) is 4.48. The number of ether oxygens (including phenoxy) is 1. The van der Waals surface area contributed by atoms with Gasteiger partial charge in [0.15, 0.2) is 0 Å². The zero-order valence-electron chi connectivity index (χ0n) is 11.7. The van der Waals surface area contributed by atoms with Crippen LogP contribution in [0, 0.1) is 0 Å². The minimum Gasteiger partial charge on any atom is -0.448 e. The van der Waals surface area contributed by atoms with Crippen LogP contribution in [-0.2, 0) is 14.3 Å². The highest BCUT2D eigenvalue weighted by atomic mass is 16.6. The minimum atomic E-state index is -0.373. The van der Waals surface area contributed by atoms with E-state index in [0.717, 1.165) is 0 Å². The van der Waals surface area contributed by atoms with Crippen LogP contribution in [0.3, 0.4) is 0 Å². The third-order valence-corrected chi connectivity index (χ3v) is 2.94. The maximum atomic E-state index is 11.8. The number of carbonyl (C=O) groups excluding carboxylic acids is 3. The molecule has 0 aliphatic carbocycles. The quantitative estimate of drug-likeness (QED) is 0.859. The van der Waals surface area contributed by atoms with Crippen molar-refractivity contribution in [3.63, 3.8) is 0 Å². The Balaban J connectivity index is 1.79. The number of nitrogens with one attached hydrogen (secondary N) is 2. The Bertz CT molecular complexity index is 542. The summed E-state index contributed by atoms with van der Waals surface area (Å²) in [5, 5.41) is 5.37. The van der Waals surface area contributed by atoms with E-state index >= 15 is 0 Å². The second kappa shape index (κ2) is 6.74. The van der Waals surface area contributed by atoms with Crippen LogP contribution < -0.4 is 10.6 Å². The number of benzene rings is 1. The standard InChI is InChI=1S/C14H17N3O4/c1-10(18)15-11-2-4-12(5-3-11)16-13(19)6-7-17-8-9-21-14(17)20/h2-5H,6-9H2,1H3,(H,15,18)(H,16,19). The molecule has 0 bridgehead atoms. The van der Waals surface area contributed by atoms with E-state index in [9.17, 15) is 14.4 Å². The summed E-state index contributed by atoms with van der Waals surface area (Å²) < 4.78 is 4.78. The Morgan fingerprint density at radius 2 is 1.81 bits per heavy atom. The van der Waals surface area contributed by atoms with Gasteiger partial charge in [-0.2, -0.15) is 0 Å². The normalized spacial score (nSPS) is 13.8. The van der Waals surface area contributed by atoms with Crippen molar-refractivity contribution in [3.8, 4) is 0 Å². The minimum absolute atomic E-state index is 0.149. The lowest BCUT2D eigenvalue weighted by Gasteiger charge is -2.12. The largest absolute Gasteiger partial charge is 0.448 e. The van der Waals surface area contributed by atoms with Gasteiger partial charge in [0.1, 0.15) is 6.61 Å². The fraction of sp³-hybridized carbons (Fsp3) is 0.357. The summed E-state index contributed by atoms with van der Waals surface area (Å²) in [6.45, 7) is 2.68. The third-order valence-electron chi connectivity index (χ3n) is 2.94. The van der Waals surface area contributed by atoms with E-state index in [4.69, 9.17) is 4.74 Å². The van der Waals surface area contributed by atoms with Crippen LogP contribution in [-0.4, -0.2) is 42.5 Å². The van der Waals surface area contributed by atoms with Gasteiger partial charge in [-0.1, -0.05) is 0 Å². The predicted octanol–water partition coefficient (Wildman–Crippen LogP) is 1.43. The first-order chi connectivity index (χ1) is 10.0. The van der Waals surface area contributed by atoms with E-state index in [0.29, 0.717) is 31.1 Å². The predicted molar refractivity (Wildman–Crippen MR) is 76.9 cm³/mol. The van der Waals surface area contributed by atoms with Gasteiger partial charge in [-0.25, -0.2) is 4.79 Å². The van der Waals surface area contributed by atoms with Crippen molar-refractivity contribution in [1.82, 2.24) is 4.90 Å². The summed E-state index contributed by atoms with van der Waals surface area (Å²) in [5.41, 5.74) is 1.30. The number of rotatable bonds is 5. The molecule has 1 fully saturated rings. The molecule has 1 saturated heterocycles. The molecule has 0 radical (unpaired) electrons. The summed E-state index contributed by atoms with van der Waals surface area (Å²) in [6.07, 6.45) is -0.162. The molecule has 0 saturated carbocycles. The van der Waals surface area contributed by atoms with Crippen molar-refractivity contribution in [2.45, 2.75) is 13.3 Å². The second-order valence-electron chi connectivity index (χ2n) is 4.66. The van der Waals surface area contributed by atoms with Gasteiger partial charge in [0, 0.05) is 31.3 Å². The average molecular weight is 291 g/mol. The summed E-state index contributed by atoms with van der Waals surface area (Å²) >= 11 is 0. The van der Waals surface area contributed by atoms with Gasteiger partial charge in [-0.15, -0.1) is 0 Å². The zero-order valence-corrected chi connectivity index (χ0v) is 11.7. The number of hydrogen-bond acceptors (Lipinski definition) is 4. The van der Waals surface area contributed by atoms with Crippen molar-refractivity contribution >= 4 is 29.3 Å². The monoisotopic (exact) mass is 291 g/mol. The Morgan fingerprint density at radius 1 is 1.19 bits per heavy atom. The van der Waals surface area contributed by atoms with Gasteiger partial charge in [0.2, 0.25) is 11.8 Å². The molecule has 1 aromatic rings. The lowest BCUT2D eigenvalue weighted by Crippen LogP contribution is -2.28. The number of hydrogen-bond donors (Lipinski definition) is 2. The van der Waals surface area contributed by atoms with Crippen LogP contribution in [0.15, 0.2) is 24.3 Å². The van der Waals surface area contributed by atoms with E-state index in [1.807, 2.05) is 0 Å². The summed E-state index contributed by atoms with van der Waals surface area (Å²) in [5.74, 6) is -0.328. The lowest BCUT2D eigenvalue weighted by molar-refractivity contribution is -0.116. The van der Waals surface area contributed by atoms with Crippen LogP contribution in [0.25, 0.3) is 0 Å². The molecule has 112 valence electrons. The van der Waals surface area contributed by atoms with Crippen molar-refractivity contribution in [3.05, 3.63) is 24.3 Å². The van der Waals surface area contributed by atoms with Crippen LogP contribution >= 0.6 is 0 Å². The molecular weight excluding hydrogens is 274 g/mol. The first kappa shape index (κ1) is 14.8. The second-order valence-corrected chi connectivity index (χ2v) is 4.66. The molecule has 2 rings (SSSR count). The van der Waals surface area contributed by atoms with Crippen molar-refractivity contribution in [2.24, 2.45) is 0 Å². The van der Waals surface area contributed by atoms with Crippen LogP contribution in [0.4, 0.5) is 16.2 Å². The molecule has 2 N–H and O–H groups in total. The molecule has 0 spiro atoms. The molecule has 7 heteroatoms. The van der Waals surface area contributed by atoms with E-state index in [1.54, 1.807) is 24.3 Å². The van der Waals surface area contributed by atoms with Gasteiger partial charge in [-0.05, 0) is 24.3 Å². The number of anilines is 2. The molecule has 1 heterocycles. The Morgan fingerprint density at radius 3 is 2.33 bits per heavy atom. The molecule has 7 nitrogen and oxygen atoms in total. The molecule has 0 unspecified atom stereocenters. The van der Waals surface area contributed by atoms with Gasteiger partial charge < -0.3 is 20.3 Å². The van der Waals surface area contributed by atoms with Crippen molar-refractivity contribution in [2.75, 3.05) is 30.3 Å². The highest BCUT2D eigenvalue weighted by molar-refractivity contribution is 5.92. The average Bonchev–Trinajstić information content (AvgIpc) is 2.84. The van der Waals surface area contributed by atoms with Gasteiger partial charge >= 0.3 is 6.09 Å². The molecule has 0 atom stereocenters. The van der Waals surface area contributed by atoms with Gasteiger partial charge in [-0.3, -0.25) is 9.59 Å². The number of nitrogens with zero attached hydrogens (tertiary/aromatic N) is 1. The smallest absolute Gasteiger partial charge is 0.409 e. The van der Waals surface area contributed by atoms with Gasteiger partial charge in [0.25, 0.3) is 0 Å². The maximum absolute atomic E-state index is 11.8. The molecular formula is C14H17N3O4. The van der Waals surface area contributed by atoms with Gasteiger partial charge in [0.05, 0.1) is 6.54 Å². The topological polar surface area (TPSA) is 87.7 Å². The zero-order chi connectivity index (χ0) is 15.2. The van der Waals surface area contributed by atoms with Crippen molar-refractivity contribution < 1.29 is 19.1 Å². The Kier molecular flexibility index (Phi) is 4.76. The van der Waals surface area contributed by atoms with Crippen LogP contribution in [0.1, 0.15) is 13.3 Å². The number of amides is 3. The summed E-state index contributed by atoms with van der Waals surface area (Å²) in [6, 6.07) is 6.81. The first-order valence-electron chi connectivity index (χ1n) is 6.64. The fourth-order valence-corrected chi connectivity index (χ4v) is 1.93. The van der Waals surface area contributed by atoms with Crippen LogP contribution in [0.2, 0.25) is 0 Å². The van der Waals surface area contributed by atoms with E-state index < -0.39 is 0 Å².